The van der Waals surface area contributed by atoms with Gasteiger partial charge in [0.2, 0.25) is 5.78 Å². The molecule has 18 heavy (non-hydrogen) atoms. The number of benzene rings is 1. The molecule has 0 unspecified atom stereocenters. The van der Waals surface area contributed by atoms with E-state index in [4.69, 9.17) is 0 Å². The molecule has 90 valence electrons. The van der Waals surface area contributed by atoms with E-state index in [1.54, 1.807) is 28.7 Å². The quantitative estimate of drug-likeness (QED) is 0.638. The average molecular weight is 240 g/mol. The molecule has 2 heterocycles. The summed E-state index contributed by atoms with van der Waals surface area (Å²) in [4.78, 5) is 12.4. The Hall–Kier alpha value is -2.43. The number of aromatic nitrogens is 4. The van der Waals surface area contributed by atoms with Crippen LogP contribution >= 0.6 is 0 Å². The van der Waals surface area contributed by atoms with Crippen LogP contribution in [0.4, 0.5) is 0 Å². The van der Waals surface area contributed by atoms with Gasteiger partial charge in [0, 0.05) is 25.7 Å². The lowest BCUT2D eigenvalue weighted by atomic mass is 10.1. The van der Waals surface area contributed by atoms with Crippen molar-refractivity contribution in [3.63, 3.8) is 0 Å². The van der Waals surface area contributed by atoms with Crippen molar-refractivity contribution in [2.45, 2.75) is 0 Å². The molecular formula is C13H12N4O. The minimum Gasteiger partial charge on any atom is -0.285 e. The summed E-state index contributed by atoms with van der Waals surface area (Å²) in [6.07, 6.45) is 1.61. The molecule has 0 atom stereocenters. The molecule has 0 N–H and O–H groups in total. The zero-order valence-corrected chi connectivity index (χ0v) is 10.2. The number of carbonyl (C=O) groups is 1. The third-order valence-electron chi connectivity index (χ3n) is 3.03. The summed E-state index contributed by atoms with van der Waals surface area (Å²) < 4.78 is 3.28. The van der Waals surface area contributed by atoms with Crippen LogP contribution in [0, 0.1) is 0 Å². The number of para-hydroxylation sites is 1. The molecule has 0 bridgehead atoms. The molecule has 0 aliphatic heterocycles. The van der Waals surface area contributed by atoms with E-state index in [9.17, 15) is 4.79 Å². The molecule has 0 saturated carbocycles. The van der Waals surface area contributed by atoms with Gasteiger partial charge in [-0.15, -0.1) is 0 Å². The van der Waals surface area contributed by atoms with Crippen molar-refractivity contribution < 1.29 is 4.79 Å². The van der Waals surface area contributed by atoms with Gasteiger partial charge in [-0.25, -0.2) is 0 Å². The van der Waals surface area contributed by atoms with Crippen molar-refractivity contribution in [3.8, 4) is 0 Å². The number of hydrogen-bond acceptors (Lipinski definition) is 3. The minimum atomic E-state index is -0.105. The van der Waals surface area contributed by atoms with Gasteiger partial charge in [-0.2, -0.15) is 10.2 Å². The van der Waals surface area contributed by atoms with Gasteiger partial charge < -0.3 is 0 Å². The van der Waals surface area contributed by atoms with Crippen LogP contribution in [-0.4, -0.2) is 25.3 Å². The number of carbonyl (C=O) groups excluding carboxylic acids is 1. The first-order valence-corrected chi connectivity index (χ1v) is 5.63. The molecule has 5 heteroatoms. The fourth-order valence-corrected chi connectivity index (χ4v) is 2.10. The number of hydrogen-bond donors (Lipinski definition) is 0. The van der Waals surface area contributed by atoms with Crippen molar-refractivity contribution in [2.75, 3.05) is 0 Å². The maximum Gasteiger partial charge on any atom is 0.231 e. The van der Waals surface area contributed by atoms with Crippen LogP contribution in [0.25, 0.3) is 10.9 Å². The SMILES string of the molecule is Cn1nccc1C(=O)c1nn(C)c2ccccc12. The number of rotatable bonds is 2. The molecule has 3 rings (SSSR count). The summed E-state index contributed by atoms with van der Waals surface area (Å²) in [5.41, 5.74) is 1.96. The summed E-state index contributed by atoms with van der Waals surface area (Å²) in [6, 6.07) is 9.40. The largest absolute Gasteiger partial charge is 0.285 e. The van der Waals surface area contributed by atoms with Crippen LogP contribution in [0.5, 0.6) is 0 Å². The third kappa shape index (κ3) is 1.44. The van der Waals surface area contributed by atoms with Gasteiger partial charge in [0.05, 0.1) is 5.52 Å². The Labute approximate surface area is 104 Å². The maximum atomic E-state index is 12.4. The summed E-state index contributed by atoms with van der Waals surface area (Å²) >= 11 is 0. The van der Waals surface area contributed by atoms with Crippen molar-refractivity contribution in [1.29, 1.82) is 0 Å². The second kappa shape index (κ2) is 3.80. The lowest BCUT2D eigenvalue weighted by molar-refractivity contribution is 0.102. The van der Waals surface area contributed by atoms with Crippen molar-refractivity contribution >= 4 is 16.7 Å². The zero-order valence-electron chi connectivity index (χ0n) is 10.2. The zero-order chi connectivity index (χ0) is 12.7. The van der Waals surface area contributed by atoms with Gasteiger partial charge in [0.1, 0.15) is 11.4 Å². The topological polar surface area (TPSA) is 52.7 Å². The van der Waals surface area contributed by atoms with Crippen LogP contribution in [0.15, 0.2) is 36.5 Å². The molecule has 0 amide bonds. The lowest BCUT2D eigenvalue weighted by Gasteiger charge is -1.98. The van der Waals surface area contributed by atoms with Crippen molar-refractivity contribution in [2.24, 2.45) is 14.1 Å². The monoisotopic (exact) mass is 240 g/mol. The maximum absolute atomic E-state index is 12.4. The first-order chi connectivity index (χ1) is 8.68. The van der Waals surface area contributed by atoms with E-state index >= 15 is 0 Å². The molecule has 2 aromatic heterocycles. The number of ketones is 1. The molecule has 0 fully saturated rings. The highest BCUT2D eigenvalue weighted by molar-refractivity contribution is 6.14. The normalized spacial score (nSPS) is 11.0. The van der Waals surface area contributed by atoms with Gasteiger partial charge in [-0.3, -0.25) is 14.2 Å². The fraction of sp³-hybridized carbons (Fsp3) is 0.154. The molecular weight excluding hydrogens is 228 g/mol. The average Bonchev–Trinajstić information content (AvgIpc) is 2.94. The van der Waals surface area contributed by atoms with Crippen LogP contribution in [0.2, 0.25) is 0 Å². The summed E-state index contributed by atoms with van der Waals surface area (Å²) in [5.74, 6) is -0.105. The number of nitrogens with zero attached hydrogens (tertiary/aromatic N) is 4. The molecule has 0 spiro atoms. The van der Waals surface area contributed by atoms with E-state index in [-0.39, 0.29) is 5.78 Å². The highest BCUT2D eigenvalue weighted by Gasteiger charge is 2.19. The predicted octanol–water partition coefficient (Wildman–Crippen LogP) is 1.54. The van der Waals surface area contributed by atoms with Gasteiger partial charge in [-0.1, -0.05) is 18.2 Å². The molecule has 0 aliphatic carbocycles. The second-order valence-corrected chi connectivity index (χ2v) is 4.16. The predicted molar refractivity (Wildman–Crippen MR) is 67.4 cm³/mol. The van der Waals surface area contributed by atoms with Gasteiger partial charge in [0.25, 0.3) is 0 Å². The highest BCUT2D eigenvalue weighted by atomic mass is 16.1. The summed E-state index contributed by atoms with van der Waals surface area (Å²) in [7, 11) is 3.58. The van der Waals surface area contributed by atoms with E-state index in [1.807, 2.05) is 31.3 Å². The Morgan fingerprint density at radius 3 is 2.61 bits per heavy atom. The minimum absolute atomic E-state index is 0.105. The Balaban J connectivity index is 2.21. The molecule has 3 aromatic rings. The Bertz CT molecular complexity index is 738. The van der Waals surface area contributed by atoms with Gasteiger partial charge >= 0.3 is 0 Å². The third-order valence-corrected chi connectivity index (χ3v) is 3.03. The van der Waals surface area contributed by atoms with Crippen molar-refractivity contribution in [3.05, 3.63) is 47.9 Å². The number of fused-ring (bicyclic) bond motifs is 1. The lowest BCUT2D eigenvalue weighted by Crippen LogP contribution is -2.09. The van der Waals surface area contributed by atoms with Gasteiger partial charge in [-0.05, 0) is 12.1 Å². The van der Waals surface area contributed by atoms with Crippen LogP contribution < -0.4 is 0 Å². The molecule has 0 radical (unpaired) electrons. The van der Waals surface area contributed by atoms with E-state index in [0.717, 1.165) is 10.9 Å². The second-order valence-electron chi connectivity index (χ2n) is 4.16. The smallest absolute Gasteiger partial charge is 0.231 e. The van der Waals surface area contributed by atoms with Crippen LogP contribution in [0.3, 0.4) is 0 Å². The first-order valence-electron chi connectivity index (χ1n) is 5.63. The van der Waals surface area contributed by atoms with E-state index in [1.165, 1.54) is 0 Å². The molecule has 0 saturated heterocycles. The van der Waals surface area contributed by atoms with E-state index in [0.29, 0.717) is 11.4 Å². The first kappa shape index (κ1) is 10.7. The van der Waals surface area contributed by atoms with E-state index < -0.39 is 0 Å². The Morgan fingerprint density at radius 2 is 1.89 bits per heavy atom. The van der Waals surface area contributed by atoms with E-state index in [2.05, 4.69) is 10.2 Å². The highest BCUT2D eigenvalue weighted by Crippen LogP contribution is 2.19. The van der Waals surface area contributed by atoms with Crippen molar-refractivity contribution in [1.82, 2.24) is 19.6 Å². The van der Waals surface area contributed by atoms with Crippen LogP contribution in [0.1, 0.15) is 16.2 Å². The standard InChI is InChI=1S/C13H12N4O/c1-16-11(7-8-14-16)13(18)12-9-5-3-4-6-10(9)17(2)15-12/h3-8H,1-2H3. The Morgan fingerprint density at radius 1 is 1.11 bits per heavy atom. The fourth-order valence-electron chi connectivity index (χ4n) is 2.10. The molecule has 1 aromatic carbocycles. The number of aryl methyl sites for hydroxylation is 2. The Kier molecular flexibility index (Phi) is 2.26. The summed E-state index contributed by atoms with van der Waals surface area (Å²) in [6.45, 7) is 0. The van der Waals surface area contributed by atoms with Gasteiger partial charge in [0.15, 0.2) is 0 Å². The van der Waals surface area contributed by atoms with Crippen LogP contribution in [-0.2, 0) is 14.1 Å². The molecule has 5 nitrogen and oxygen atoms in total. The summed E-state index contributed by atoms with van der Waals surface area (Å²) in [5, 5.41) is 9.19. The molecule has 0 aliphatic rings.